The van der Waals surface area contributed by atoms with E-state index in [9.17, 15) is 13.2 Å². The Morgan fingerprint density at radius 1 is 0.938 bits per heavy atom. The van der Waals surface area contributed by atoms with Gasteiger partial charge >= 0.3 is 6.18 Å². The Labute approximate surface area is 189 Å². The van der Waals surface area contributed by atoms with Crippen LogP contribution in [0.3, 0.4) is 0 Å². The third-order valence-electron chi connectivity index (χ3n) is 5.20. The van der Waals surface area contributed by atoms with E-state index in [4.69, 9.17) is 16.3 Å². The fourth-order valence-electron chi connectivity index (χ4n) is 3.37. The van der Waals surface area contributed by atoms with Crippen molar-refractivity contribution in [1.29, 1.82) is 0 Å². The normalized spacial score (nSPS) is 12.3. The Bertz CT molecular complexity index is 1270. The number of ether oxygens (including phenoxy) is 1. The van der Waals surface area contributed by atoms with E-state index in [0.29, 0.717) is 22.2 Å². The lowest BCUT2D eigenvalue weighted by atomic mass is 9.87. The topological polar surface area (TPSA) is 37.9 Å². The molecule has 4 aromatic rings. The number of nitrogens with zero attached hydrogens (tertiary/aromatic N) is 1. The van der Waals surface area contributed by atoms with E-state index < -0.39 is 11.7 Å². The Kier molecular flexibility index (Phi) is 5.67. The van der Waals surface area contributed by atoms with Gasteiger partial charge in [-0.25, -0.2) is 4.98 Å². The van der Waals surface area contributed by atoms with Crippen LogP contribution < -0.4 is 4.74 Å². The van der Waals surface area contributed by atoms with Crippen LogP contribution in [0.4, 0.5) is 13.2 Å². The molecule has 1 N–H and O–H groups in total. The van der Waals surface area contributed by atoms with Crippen LogP contribution in [0.25, 0.3) is 22.4 Å². The average molecular weight is 459 g/mol. The van der Waals surface area contributed by atoms with Gasteiger partial charge in [0.2, 0.25) is 0 Å². The van der Waals surface area contributed by atoms with Gasteiger partial charge in [-0.2, -0.15) is 13.2 Å². The first-order chi connectivity index (χ1) is 15.0. The highest BCUT2D eigenvalue weighted by Gasteiger charge is 2.30. The van der Waals surface area contributed by atoms with Crippen LogP contribution in [0.15, 0.2) is 60.7 Å². The van der Waals surface area contributed by atoms with Crippen LogP contribution in [0.1, 0.15) is 37.5 Å². The molecule has 7 heteroatoms. The zero-order valence-electron chi connectivity index (χ0n) is 17.8. The van der Waals surface area contributed by atoms with E-state index in [1.807, 2.05) is 12.1 Å². The number of aromatic amines is 1. The fourth-order valence-corrected chi connectivity index (χ4v) is 3.54. The summed E-state index contributed by atoms with van der Waals surface area (Å²) in [5, 5.41) is 0.367. The predicted molar refractivity (Wildman–Crippen MR) is 121 cm³/mol. The number of aromatic nitrogens is 2. The molecule has 3 aromatic carbocycles. The minimum atomic E-state index is -4.40. The lowest BCUT2D eigenvalue weighted by molar-refractivity contribution is -0.137. The molecule has 0 unspecified atom stereocenters. The molecule has 0 amide bonds. The molecule has 0 radical (unpaired) electrons. The van der Waals surface area contributed by atoms with Gasteiger partial charge < -0.3 is 9.72 Å². The average Bonchev–Trinajstić information content (AvgIpc) is 3.15. The number of rotatable bonds is 4. The smallest absolute Gasteiger partial charge is 0.416 e. The van der Waals surface area contributed by atoms with Crippen molar-refractivity contribution in [3.8, 4) is 17.1 Å². The van der Waals surface area contributed by atoms with E-state index in [1.54, 1.807) is 18.2 Å². The summed E-state index contributed by atoms with van der Waals surface area (Å²) in [5.74, 6) is 1.03. The van der Waals surface area contributed by atoms with Crippen LogP contribution in [-0.4, -0.2) is 9.97 Å². The Morgan fingerprint density at radius 2 is 1.72 bits per heavy atom. The molecule has 0 atom stereocenters. The summed E-state index contributed by atoms with van der Waals surface area (Å²) in [5.41, 5.74) is 3.44. The van der Waals surface area contributed by atoms with Gasteiger partial charge in [-0.1, -0.05) is 50.6 Å². The summed E-state index contributed by atoms with van der Waals surface area (Å²) < 4.78 is 44.6. The molecule has 0 saturated heterocycles. The zero-order valence-corrected chi connectivity index (χ0v) is 18.6. The van der Waals surface area contributed by atoms with Crippen LogP contribution in [0.2, 0.25) is 5.02 Å². The summed E-state index contributed by atoms with van der Waals surface area (Å²) in [6, 6.07) is 16.4. The standard InChI is InChI=1S/C25H22ClF3N2O/c1-24(2,3)17-8-10-20-21(13-17)31-23(30-20)16-7-9-19(26)22(12-16)32-14-15-5-4-6-18(11-15)25(27,28)29/h4-13H,14H2,1-3H3,(H,30,31). The van der Waals surface area contributed by atoms with Gasteiger partial charge in [0.05, 0.1) is 21.6 Å². The molecule has 0 aliphatic rings. The Hall–Kier alpha value is -2.99. The Balaban J connectivity index is 1.59. The van der Waals surface area contributed by atoms with Crippen LogP contribution in [-0.2, 0) is 18.2 Å². The van der Waals surface area contributed by atoms with Gasteiger partial charge in [0.25, 0.3) is 0 Å². The SMILES string of the molecule is CC(C)(C)c1ccc2nc(-c3ccc(Cl)c(OCc4cccc(C(F)(F)F)c4)c3)[nH]c2c1. The van der Waals surface area contributed by atoms with Crippen molar-refractivity contribution in [1.82, 2.24) is 9.97 Å². The largest absolute Gasteiger partial charge is 0.487 e. The number of imidazole rings is 1. The van der Waals surface area contributed by atoms with Gasteiger partial charge in [-0.05, 0) is 59.0 Å². The van der Waals surface area contributed by atoms with Crippen molar-refractivity contribution in [2.75, 3.05) is 0 Å². The van der Waals surface area contributed by atoms with Gasteiger partial charge in [0.15, 0.2) is 0 Å². The van der Waals surface area contributed by atoms with Crippen LogP contribution in [0, 0.1) is 0 Å². The predicted octanol–water partition coefficient (Wildman–Crippen LogP) is 7.78. The minimum absolute atomic E-state index is 0.0180. The molecule has 4 rings (SSSR count). The van der Waals surface area contributed by atoms with E-state index in [2.05, 4.69) is 42.9 Å². The molecule has 32 heavy (non-hydrogen) atoms. The molecule has 0 aliphatic carbocycles. The first-order valence-corrected chi connectivity index (χ1v) is 10.5. The molecule has 1 heterocycles. The highest BCUT2D eigenvalue weighted by Crippen LogP contribution is 2.33. The molecule has 0 bridgehead atoms. The minimum Gasteiger partial charge on any atom is -0.487 e. The number of nitrogens with one attached hydrogen (secondary N) is 1. The highest BCUT2D eigenvalue weighted by atomic mass is 35.5. The monoisotopic (exact) mass is 458 g/mol. The second kappa shape index (κ2) is 8.17. The number of fused-ring (bicyclic) bond motifs is 1. The maximum Gasteiger partial charge on any atom is 0.416 e. The van der Waals surface area contributed by atoms with Crippen LogP contribution >= 0.6 is 11.6 Å². The van der Waals surface area contributed by atoms with Crippen molar-refractivity contribution in [3.05, 3.63) is 82.4 Å². The zero-order chi connectivity index (χ0) is 23.1. The second-order valence-electron chi connectivity index (χ2n) is 8.70. The van der Waals surface area contributed by atoms with Gasteiger partial charge in [-0.15, -0.1) is 0 Å². The third kappa shape index (κ3) is 4.75. The van der Waals surface area contributed by atoms with E-state index >= 15 is 0 Å². The van der Waals surface area contributed by atoms with Gasteiger partial charge in [0, 0.05) is 5.56 Å². The van der Waals surface area contributed by atoms with Crippen molar-refractivity contribution in [2.24, 2.45) is 0 Å². The lowest BCUT2D eigenvalue weighted by Crippen LogP contribution is -2.10. The quantitative estimate of drug-likeness (QED) is 0.339. The van der Waals surface area contributed by atoms with Crippen molar-refractivity contribution in [2.45, 2.75) is 39.0 Å². The van der Waals surface area contributed by atoms with Crippen molar-refractivity contribution >= 4 is 22.6 Å². The third-order valence-corrected chi connectivity index (χ3v) is 5.51. The number of hydrogen-bond donors (Lipinski definition) is 1. The lowest BCUT2D eigenvalue weighted by Gasteiger charge is -2.18. The molecule has 1 aromatic heterocycles. The molecule has 166 valence electrons. The molecular formula is C25H22ClF3N2O. The first kappa shape index (κ1) is 22.2. The molecule has 0 fully saturated rings. The maximum atomic E-state index is 12.9. The van der Waals surface area contributed by atoms with Crippen molar-refractivity contribution < 1.29 is 17.9 Å². The number of hydrogen-bond acceptors (Lipinski definition) is 2. The number of halogens is 4. The van der Waals surface area contributed by atoms with Crippen molar-refractivity contribution in [3.63, 3.8) is 0 Å². The highest BCUT2D eigenvalue weighted by molar-refractivity contribution is 6.32. The molecule has 3 nitrogen and oxygen atoms in total. The number of benzene rings is 3. The fraction of sp³-hybridized carbons (Fsp3) is 0.240. The molecule has 0 aliphatic heterocycles. The van der Waals surface area contributed by atoms with Gasteiger partial charge in [0.1, 0.15) is 18.2 Å². The summed E-state index contributed by atoms with van der Waals surface area (Å²) in [6.45, 7) is 6.41. The first-order valence-electron chi connectivity index (χ1n) is 10.1. The van der Waals surface area contributed by atoms with Crippen LogP contribution in [0.5, 0.6) is 5.75 Å². The van der Waals surface area contributed by atoms with E-state index in [1.165, 1.54) is 11.6 Å². The number of alkyl halides is 3. The Morgan fingerprint density at radius 3 is 2.44 bits per heavy atom. The summed E-state index contributed by atoms with van der Waals surface area (Å²) in [4.78, 5) is 7.99. The second-order valence-corrected chi connectivity index (χ2v) is 9.11. The number of H-pyrrole nitrogens is 1. The summed E-state index contributed by atoms with van der Waals surface area (Å²) in [6.07, 6.45) is -4.40. The summed E-state index contributed by atoms with van der Waals surface area (Å²) >= 11 is 6.27. The van der Waals surface area contributed by atoms with Gasteiger partial charge in [-0.3, -0.25) is 0 Å². The maximum absolute atomic E-state index is 12.9. The molecular weight excluding hydrogens is 437 g/mol. The molecule has 0 spiro atoms. The van der Waals surface area contributed by atoms with E-state index in [0.717, 1.165) is 28.7 Å². The summed E-state index contributed by atoms with van der Waals surface area (Å²) in [7, 11) is 0. The van der Waals surface area contributed by atoms with E-state index in [-0.39, 0.29) is 12.0 Å². The molecule has 0 saturated carbocycles.